The van der Waals surface area contributed by atoms with Crippen LogP contribution in [0.1, 0.15) is 16.1 Å². The van der Waals surface area contributed by atoms with Crippen LogP contribution in [0.5, 0.6) is 0 Å². The molecule has 22 heavy (non-hydrogen) atoms. The SMILES string of the molecule is O=NC(=O)CC(=O)c1cc(-c2c[nH]c3cc(P)ccc23)cs1. The van der Waals surface area contributed by atoms with E-state index >= 15 is 0 Å². The Hall–Kier alpha value is -2.17. The molecule has 0 radical (unpaired) electrons. The number of nitroso groups, excluding NO2 is 1. The quantitative estimate of drug-likeness (QED) is 0.345. The van der Waals surface area contributed by atoms with E-state index in [1.165, 1.54) is 11.3 Å². The minimum atomic E-state index is -0.944. The zero-order valence-corrected chi connectivity index (χ0v) is 13.3. The molecule has 7 heteroatoms. The molecule has 3 aromatic rings. The lowest BCUT2D eigenvalue weighted by Gasteiger charge is -1.96. The van der Waals surface area contributed by atoms with Gasteiger partial charge in [-0.1, -0.05) is 12.1 Å². The first-order chi connectivity index (χ1) is 10.6. The van der Waals surface area contributed by atoms with Gasteiger partial charge >= 0.3 is 0 Å². The lowest BCUT2D eigenvalue weighted by molar-refractivity contribution is -0.117. The number of benzene rings is 1. The predicted molar refractivity (Wildman–Crippen MR) is 90.7 cm³/mol. The average molecular weight is 330 g/mol. The standard InChI is InChI=1S/C15H11N2O3PS/c18-13(5-15(19)17-20)14-3-8(7-22-14)11-6-16-12-4-9(21)1-2-10(11)12/h1-4,6-7,16H,5,21H2. The van der Waals surface area contributed by atoms with E-state index < -0.39 is 12.3 Å². The Morgan fingerprint density at radius 2 is 2.09 bits per heavy atom. The number of amides is 1. The summed E-state index contributed by atoms with van der Waals surface area (Å²) in [6, 6.07) is 7.78. The van der Waals surface area contributed by atoms with E-state index in [0.717, 1.165) is 27.3 Å². The van der Waals surface area contributed by atoms with E-state index in [2.05, 4.69) is 19.4 Å². The Bertz CT molecular complexity index is 897. The van der Waals surface area contributed by atoms with E-state index in [1.807, 2.05) is 29.8 Å². The molecule has 1 unspecified atom stereocenters. The molecule has 1 amide bonds. The summed E-state index contributed by atoms with van der Waals surface area (Å²) in [6.45, 7) is 0. The van der Waals surface area contributed by atoms with Crippen LogP contribution in [-0.2, 0) is 4.79 Å². The molecule has 0 bridgehead atoms. The maximum atomic E-state index is 11.9. The number of nitrogens with one attached hydrogen (secondary N) is 1. The molecule has 2 aromatic heterocycles. The molecule has 5 nitrogen and oxygen atoms in total. The van der Waals surface area contributed by atoms with Gasteiger partial charge in [0.1, 0.15) is 0 Å². The second-order valence-electron chi connectivity index (χ2n) is 4.79. The molecule has 1 atom stereocenters. The summed E-state index contributed by atoms with van der Waals surface area (Å²) >= 11 is 1.26. The van der Waals surface area contributed by atoms with Gasteiger partial charge in [0.25, 0.3) is 5.91 Å². The third-order valence-corrected chi connectivity index (χ3v) is 4.64. The fraction of sp³-hybridized carbons (Fsp3) is 0.0667. The van der Waals surface area contributed by atoms with Crippen LogP contribution < -0.4 is 5.30 Å². The number of nitrogens with zero attached hydrogens (tertiary/aromatic N) is 1. The molecule has 0 aliphatic heterocycles. The minimum absolute atomic E-state index is 0.382. The normalized spacial score (nSPS) is 10.8. The average Bonchev–Trinajstić information content (AvgIpc) is 3.12. The molecule has 110 valence electrons. The Balaban J connectivity index is 1.94. The van der Waals surface area contributed by atoms with Crippen LogP contribution >= 0.6 is 20.6 Å². The fourth-order valence-electron chi connectivity index (χ4n) is 2.26. The molecule has 1 N–H and O–H groups in total. The van der Waals surface area contributed by atoms with Crippen LogP contribution in [-0.4, -0.2) is 16.7 Å². The van der Waals surface area contributed by atoms with Crippen LogP contribution in [0.25, 0.3) is 22.0 Å². The number of carbonyl (C=O) groups is 2. The number of ketones is 1. The van der Waals surface area contributed by atoms with Crippen molar-refractivity contribution in [2.75, 3.05) is 0 Å². The molecule has 0 fully saturated rings. The van der Waals surface area contributed by atoms with Crippen molar-refractivity contribution < 1.29 is 9.59 Å². The molecule has 0 saturated heterocycles. The highest BCUT2D eigenvalue weighted by molar-refractivity contribution is 7.27. The van der Waals surface area contributed by atoms with Gasteiger partial charge in [-0.05, 0) is 28.4 Å². The Morgan fingerprint density at radius 3 is 2.86 bits per heavy atom. The maximum Gasteiger partial charge on any atom is 0.294 e. The van der Waals surface area contributed by atoms with E-state index in [1.54, 1.807) is 6.07 Å². The van der Waals surface area contributed by atoms with Gasteiger partial charge in [-0.3, -0.25) is 9.59 Å². The summed E-state index contributed by atoms with van der Waals surface area (Å²) in [5, 5.41) is 6.26. The van der Waals surface area contributed by atoms with Gasteiger partial charge in [0.15, 0.2) is 5.78 Å². The Labute approximate surface area is 131 Å². The molecule has 2 heterocycles. The minimum Gasteiger partial charge on any atom is -0.361 e. The first kappa shape index (κ1) is 14.8. The van der Waals surface area contributed by atoms with Crippen molar-refractivity contribution in [1.29, 1.82) is 0 Å². The molecular formula is C15H11N2O3PS. The highest BCUT2D eigenvalue weighted by atomic mass is 32.1. The molecule has 1 aromatic carbocycles. The van der Waals surface area contributed by atoms with Crippen molar-refractivity contribution in [3.05, 3.63) is 45.6 Å². The Morgan fingerprint density at radius 1 is 1.27 bits per heavy atom. The van der Waals surface area contributed by atoms with Crippen molar-refractivity contribution in [1.82, 2.24) is 4.98 Å². The van der Waals surface area contributed by atoms with Gasteiger partial charge in [-0.2, -0.15) is 0 Å². The number of H-pyrrole nitrogens is 1. The van der Waals surface area contributed by atoms with Gasteiger partial charge in [0, 0.05) is 27.8 Å². The highest BCUT2D eigenvalue weighted by Crippen LogP contribution is 2.32. The lowest BCUT2D eigenvalue weighted by Crippen LogP contribution is -2.03. The van der Waals surface area contributed by atoms with Crippen LogP contribution in [0.2, 0.25) is 0 Å². The van der Waals surface area contributed by atoms with Gasteiger partial charge in [0.2, 0.25) is 0 Å². The molecule has 0 aliphatic rings. The fourth-order valence-corrected chi connectivity index (χ4v) is 3.37. The van der Waals surface area contributed by atoms with E-state index in [9.17, 15) is 14.5 Å². The van der Waals surface area contributed by atoms with Crippen molar-refractivity contribution >= 4 is 48.5 Å². The zero-order valence-electron chi connectivity index (χ0n) is 11.3. The Kier molecular flexibility index (Phi) is 3.96. The number of aromatic amines is 1. The molecular weight excluding hydrogens is 319 g/mol. The smallest absolute Gasteiger partial charge is 0.294 e. The summed E-state index contributed by atoms with van der Waals surface area (Å²) in [5.41, 5.74) is 2.92. The summed E-state index contributed by atoms with van der Waals surface area (Å²) in [6.07, 6.45) is 1.41. The second-order valence-corrected chi connectivity index (χ2v) is 6.37. The first-order valence-electron chi connectivity index (χ1n) is 6.43. The van der Waals surface area contributed by atoms with Crippen LogP contribution in [0.15, 0.2) is 41.0 Å². The summed E-state index contributed by atoms with van der Waals surface area (Å²) < 4.78 is 0. The number of fused-ring (bicyclic) bond motifs is 1. The van der Waals surface area contributed by atoms with Gasteiger partial charge < -0.3 is 4.98 Å². The topological polar surface area (TPSA) is 79.4 Å². The summed E-state index contributed by atoms with van der Waals surface area (Å²) in [7, 11) is 2.65. The van der Waals surface area contributed by atoms with Crippen LogP contribution in [0.3, 0.4) is 0 Å². The van der Waals surface area contributed by atoms with Crippen LogP contribution in [0, 0.1) is 4.91 Å². The maximum absolute atomic E-state index is 11.9. The summed E-state index contributed by atoms with van der Waals surface area (Å²) in [5.74, 6) is -1.33. The number of hydrogen-bond acceptors (Lipinski definition) is 4. The number of aromatic nitrogens is 1. The number of hydrogen-bond donors (Lipinski definition) is 1. The van der Waals surface area contributed by atoms with E-state index in [0.29, 0.717) is 4.88 Å². The van der Waals surface area contributed by atoms with Gasteiger partial charge in [0.05, 0.1) is 11.3 Å². The van der Waals surface area contributed by atoms with E-state index in [-0.39, 0.29) is 5.78 Å². The van der Waals surface area contributed by atoms with E-state index in [4.69, 9.17) is 0 Å². The van der Waals surface area contributed by atoms with Crippen molar-refractivity contribution in [2.24, 2.45) is 5.18 Å². The molecule has 0 spiro atoms. The molecule has 0 aliphatic carbocycles. The van der Waals surface area contributed by atoms with Crippen molar-refractivity contribution in [3.8, 4) is 11.1 Å². The molecule has 3 rings (SSSR count). The number of rotatable bonds is 4. The van der Waals surface area contributed by atoms with Crippen molar-refractivity contribution in [2.45, 2.75) is 6.42 Å². The van der Waals surface area contributed by atoms with Crippen molar-refractivity contribution in [3.63, 3.8) is 0 Å². The lowest BCUT2D eigenvalue weighted by atomic mass is 10.1. The predicted octanol–water partition coefficient (Wildman–Crippen LogP) is 3.26. The highest BCUT2D eigenvalue weighted by Gasteiger charge is 2.16. The van der Waals surface area contributed by atoms with Crippen LogP contribution in [0.4, 0.5) is 0 Å². The third-order valence-electron chi connectivity index (χ3n) is 3.30. The first-order valence-corrected chi connectivity index (χ1v) is 7.89. The monoisotopic (exact) mass is 330 g/mol. The van der Waals surface area contributed by atoms with Gasteiger partial charge in [-0.15, -0.1) is 25.5 Å². The van der Waals surface area contributed by atoms with Gasteiger partial charge in [-0.25, -0.2) is 0 Å². The summed E-state index contributed by atoms with van der Waals surface area (Å²) in [4.78, 5) is 36.6. The number of Topliss-reactive ketones (excluding diaryl/α,β-unsaturated/α-hetero) is 1. The number of carbonyl (C=O) groups excluding carboxylic acids is 2. The second kappa shape index (κ2) is 5.91. The zero-order chi connectivity index (χ0) is 15.7. The molecule has 0 saturated carbocycles. The number of thiophene rings is 1. The third kappa shape index (κ3) is 2.75. The largest absolute Gasteiger partial charge is 0.361 e.